The van der Waals surface area contributed by atoms with Gasteiger partial charge in [0.1, 0.15) is 0 Å². The largest absolute Gasteiger partial charge is 0.475 e. The molecule has 78 valence electrons. The minimum absolute atomic E-state index is 0.187. The van der Waals surface area contributed by atoms with E-state index in [4.69, 9.17) is 15.4 Å². The van der Waals surface area contributed by atoms with Gasteiger partial charge in [0.05, 0.1) is 9.88 Å². The molecule has 0 aliphatic carbocycles. The van der Waals surface area contributed by atoms with Gasteiger partial charge < -0.3 is 15.4 Å². The molecular formula is C8H7N3O3S. The molecule has 2 aromatic heterocycles. The van der Waals surface area contributed by atoms with Crippen LogP contribution in [0.15, 0.2) is 10.6 Å². The highest BCUT2D eigenvalue weighted by Crippen LogP contribution is 2.32. The van der Waals surface area contributed by atoms with Gasteiger partial charge in [-0.25, -0.2) is 4.79 Å². The lowest BCUT2D eigenvalue weighted by Gasteiger charge is -1.87. The highest BCUT2D eigenvalue weighted by atomic mass is 32.1. The first-order chi connectivity index (χ1) is 7.08. The fraction of sp³-hybridized carbons (Fsp3) is 0.125. The van der Waals surface area contributed by atoms with Gasteiger partial charge in [0.15, 0.2) is 0 Å². The van der Waals surface area contributed by atoms with Crippen LogP contribution < -0.4 is 5.73 Å². The maximum absolute atomic E-state index is 10.5. The molecule has 0 fully saturated rings. The first kappa shape index (κ1) is 9.66. The van der Waals surface area contributed by atoms with Crippen molar-refractivity contribution in [2.24, 2.45) is 0 Å². The number of nitrogen functional groups attached to an aromatic ring is 1. The monoisotopic (exact) mass is 225 g/mol. The number of aromatic nitrogens is 2. The molecule has 6 nitrogen and oxygen atoms in total. The van der Waals surface area contributed by atoms with E-state index in [1.165, 1.54) is 11.3 Å². The first-order valence-corrected chi connectivity index (χ1v) is 4.83. The highest BCUT2D eigenvalue weighted by molar-refractivity contribution is 7.19. The summed E-state index contributed by atoms with van der Waals surface area (Å²) in [6.45, 7) is 1.84. The summed E-state index contributed by atoms with van der Waals surface area (Å²) in [7, 11) is 0. The Morgan fingerprint density at radius 3 is 2.87 bits per heavy atom. The molecule has 2 heterocycles. The van der Waals surface area contributed by atoms with Crippen molar-refractivity contribution in [2.45, 2.75) is 6.92 Å². The standard InChI is InChI=1S/C8H7N3O3S/c1-3-2-4(9)15-5(3)7-10-6(8(12)13)11-14-7/h2H,9H2,1H3,(H,12,13). The molecule has 7 heteroatoms. The van der Waals surface area contributed by atoms with Gasteiger partial charge in [0.25, 0.3) is 11.7 Å². The van der Waals surface area contributed by atoms with Crippen LogP contribution >= 0.6 is 11.3 Å². The number of hydrogen-bond acceptors (Lipinski definition) is 6. The molecule has 15 heavy (non-hydrogen) atoms. The molecule has 0 saturated heterocycles. The molecule has 2 rings (SSSR count). The first-order valence-electron chi connectivity index (χ1n) is 4.01. The quantitative estimate of drug-likeness (QED) is 0.800. The third kappa shape index (κ3) is 1.68. The van der Waals surface area contributed by atoms with Crippen LogP contribution in [0.3, 0.4) is 0 Å². The third-order valence-corrected chi connectivity index (χ3v) is 2.80. The number of rotatable bonds is 2. The Morgan fingerprint density at radius 1 is 1.67 bits per heavy atom. The number of aryl methyl sites for hydroxylation is 1. The second-order valence-corrected chi connectivity index (χ2v) is 3.97. The number of nitrogens with zero attached hydrogens (tertiary/aromatic N) is 2. The fourth-order valence-corrected chi connectivity index (χ4v) is 1.98. The predicted octanol–water partition coefficient (Wildman–Crippen LogP) is 1.39. The summed E-state index contributed by atoms with van der Waals surface area (Å²) in [5.74, 6) is -1.38. The molecule has 0 radical (unpaired) electrons. The van der Waals surface area contributed by atoms with E-state index in [0.29, 0.717) is 9.88 Å². The summed E-state index contributed by atoms with van der Waals surface area (Å²) >= 11 is 1.28. The van der Waals surface area contributed by atoms with Crippen LogP contribution in [0.1, 0.15) is 16.2 Å². The Kier molecular flexibility index (Phi) is 2.16. The summed E-state index contributed by atoms with van der Waals surface area (Å²) in [6.07, 6.45) is 0. The summed E-state index contributed by atoms with van der Waals surface area (Å²) in [6, 6.07) is 1.77. The van der Waals surface area contributed by atoms with E-state index in [9.17, 15) is 4.79 Å². The van der Waals surface area contributed by atoms with Crippen LogP contribution in [0.4, 0.5) is 5.00 Å². The summed E-state index contributed by atoms with van der Waals surface area (Å²) in [5.41, 5.74) is 6.48. The van der Waals surface area contributed by atoms with Gasteiger partial charge in [-0.05, 0) is 23.7 Å². The Hall–Kier alpha value is -1.89. The number of carbonyl (C=O) groups is 1. The number of carboxylic acid groups (broad SMARTS) is 1. The van der Waals surface area contributed by atoms with Crippen molar-refractivity contribution in [1.82, 2.24) is 10.1 Å². The van der Waals surface area contributed by atoms with Crippen LogP contribution in [0.5, 0.6) is 0 Å². The molecule has 0 unspecified atom stereocenters. The Balaban J connectivity index is 2.45. The van der Waals surface area contributed by atoms with Crippen LogP contribution in [0, 0.1) is 6.92 Å². The van der Waals surface area contributed by atoms with E-state index in [1.807, 2.05) is 6.92 Å². The normalized spacial score (nSPS) is 10.5. The van der Waals surface area contributed by atoms with Gasteiger partial charge in [-0.3, -0.25) is 0 Å². The van der Waals surface area contributed by atoms with Gasteiger partial charge in [0.2, 0.25) is 0 Å². The summed E-state index contributed by atoms with van der Waals surface area (Å²) in [5, 5.41) is 12.6. The lowest BCUT2D eigenvalue weighted by Crippen LogP contribution is -1.98. The SMILES string of the molecule is Cc1cc(N)sc1-c1nc(C(=O)O)no1. The Bertz CT molecular complexity index is 517. The minimum Gasteiger partial charge on any atom is -0.475 e. The molecule has 0 aliphatic rings. The average molecular weight is 225 g/mol. The summed E-state index contributed by atoms with van der Waals surface area (Å²) < 4.78 is 4.82. The Morgan fingerprint density at radius 2 is 2.40 bits per heavy atom. The van der Waals surface area contributed by atoms with Gasteiger partial charge in [-0.15, -0.1) is 11.3 Å². The zero-order valence-electron chi connectivity index (χ0n) is 7.72. The Labute approximate surface area is 88.3 Å². The molecule has 0 amide bonds. The van der Waals surface area contributed by atoms with Crippen LogP contribution in [0.2, 0.25) is 0 Å². The second-order valence-electron chi connectivity index (χ2n) is 2.89. The smallest absolute Gasteiger partial charge is 0.377 e. The zero-order valence-corrected chi connectivity index (χ0v) is 8.54. The number of hydrogen-bond donors (Lipinski definition) is 2. The number of anilines is 1. The van der Waals surface area contributed by atoms with Crippen molar-refractivity contribution in [1.29, 1.82) is 0 Å². The molecular weight excluding hydrogens is 218 g/mol. The van der Waals surface area contributed by atoms with Crippen molar-refractivity contribution >= 4 is 22.3 Å². The lowest BCUT2D eigenvalue weighted by atomic mass is 10.3. The minimum atomic E-state index is -1.22. The number of aromatic carboxylic acids is 1. The van der Waals surface area contributed by atoms with E-state index in [1.54, 1.807) is 6.07 Å². The molecule has 2 aromatic rings. The van der Waals surface area contributed by atoms with E-state index >= 15 is 0 Å². The molecule has 0 saturated carbocycles. The lowest BCUT2D eigenvalue weighted by molar-refractivity contribution is 0.0680. The van der Waals surface area contributed by atoms with Crippen molar-refractivity contribution < 1.29 is 14.4 Å². The maximum atomic E-state index is 10.5. The van der Waals surface area contributed by atoms with Gasteiger partial charge in [0, 0.05) is 0 Å². The topological polar surface area (TPSA) is 102 Å². The van der Waals surface area contributed by atoms with Gasteiger partial charge >= 0.3 is 5.97 Å². The van der Waals surface area contributed by atoms with Crippen molar-refractivity contribution in [3.05, 3.63) is 17.5 Å². The predicted molar refractivity (Wildman–Crippen MR) is 53.7 cm³/mol. The molecule has 0 bridgehead atoms. The van der Waals surface area contributed by atoms with Crippen molar-refractivity contribution in [3.63, 3.8) is 0 Å². The number of thiophene rings is 1. The molecule has 0 aromatic carbocycles. The van der Waals surface area contributed by atoms with E-state index in [0.717, 1.165) is 5.56 Å². The summed E-state index contributed by atoms with van der Waals surface area (Å²) in [4.78, 5) is 15.0. The maximum Gasteiger partial charge on any atom is 0.377 e. The fourth-order valence-electron chi connectivity index (χ4n) is 1.12. The average Bonchev–Trinajstić information content (AvgIpc) is 2.71. The molecule has 3 N–H and O–H groups in total. The second kappa shape index (κ2) is 3.35. The van der Waals surface area contributed by atoms with E-state index in [-0.39, 0.29) is 11.7 Å². The molecule has 0 aliphatic heterocycles. The molecule has 0 atom stereocenters. The van der Waals surface area contributed by atoms with Gasteiger partial charge in [-0.2, -0.15) is 4.98 Å². The number of nitrogens with two attached hydrogens (primary N) is 1. The van der Waals surface area contributed by atoms with Crippen LogP contribution in [-0.2, 0) is 0 Å². The van der Waals surface area contributed by atoms with Crippen molar-refractivity contribution in [3.8, 4) is 10.8 Å². The van der Waals surface area contributed by atoms with Crippen LogP contribution in [0.25, 0.3) is 10.8 Å². The van der Waals surface area contributed by atoms with E-state index < -0.39 is 5.97 Å². The third-order valence-electron chi connectivity index (χ3n) is 1.75. The number of carboxylic acids is 1. The zero-order chi connectivity index (χ0) is 11.0. The van der Waals surface area contributed by atoms with E-state index in [2.05, 4.69) is 10.1 Å². The van der Waals surface area contributed by atoms with Gasteiger partial charge in [-0.1, -0.05) is 0 Å². The highest BCUT2D eigenvalue weighted by Gasteiger charge is 2.17. The molecule has 0 spiro atoms. The van der Waals surface area contributed by atoms with Crippen molar-refractivity contribution in [2.75, 3.05) is 5.73 Å². The van der Waals surface area contributed by atoms with Crippen LogP contribution in [-0.4, -0.2) is 21.2 Å².